The van der Waals surface area contributed by atoms with E-state index in [0.717, 1.165) is 16.7 Å². The second-order valence-electron chi connectivity index (χ2n) is 9.88. The Hall–Kier alpha value is -4.10. The fourth-order valence-corrected chi connectivity index (χ4v) is 4.81. The first kappa shape index (κ1) is 27.9. The van der Waals surface area contributed by atoms with E-state index in [9.17, 15) is 14.7 Å². The number of nitrogens with zero attached hydrogens (tertiary/aromatic N) is 1. The molecule has 1 atom stereocenters. The van der Waals surface area contributed by atoms with Crippen molar-refractivity contribution in [3.05, 3.63) is 100 Å². The Kier molecular flexibility index (Phi) is 8.72. The Morgan fingerprint density at radius 1 is 1.00 bits per heavy atom. The number of likely N-dealkylation sites (tertiary alicyclic amines) is 1. The molecule has 0 saturated carbocycles. The van der Waals surface area contributed by atoms with E-state index in [1.54, 1.807) is 25.3 Å². The highest BCUT2D eigenvalue weighted by atomic mass is 16.5. The van der Waals surface area contributed by atoms with Crippen LogP contribution in [-0.2, 0) is 20.9 Å². The van der Waals surface area contributed by atoms with Gasteiger partial charge in [-0.3, -0.25) is 9.59 Å². The van der Waals surface area contributed by atoms with Crippen LogP contribution in [0, 0.1) is 6.92 Å². The number of methoxy groups -OCH3 is 2. The summed E-state index contributed by atoms with van der Waals surface area (Å²) in [6.07, 6.45) is 0. The van der Waals surface area contributed by atoms with Gasteiger partial charge in [-0.25, -0.2) is 0 Å². The summed E-state index contributed by atoms with van der Waals surface area (Å²) in [5.41, 5.74) is 4.32. The number of amides is 1. The van der Waals surface area contributed by atoms with Gasteiger partial charge in [-0.2, -0.15) is 0 Å². The molecule has 3 aromatic rings. The van der Waals surface area contributed by atoms with Gasteiger partial charge in [-0.15, -0.1) is 0 Å². The van der Waals surface area contributed by atoms with Crippen LogP contribution >= 0.6 is 0 Å². The van der Waals surface area contributed by atoms with E-state index in [0.29, 0.717) is 29.2 Å². The number of carbonyl (C=O) groups excluding carboxylic acids is 2. The molecule has 7 nitrogen and oxygen atoms in total. The summed E-state index contributed by atoms with van der Waals surface area (Å²) in [5, 5.41) is 11.4. The molecule has 3 aromatic carbocycles. The van der Waals surface area contributed by atoms with Gasteiger partial charge >= 0.3 is 0 Å². The van der Waals surface area contributed by atoms with Crippen LogP contribution in [0.3, 0.4) is 0 Å². The van der Waals surface area contributed by atoms with E-state index in [1.807, 2.05) is 69.3 Å². The maximum atomic E-state index is 13.3. The molecule has 0 bridgehead atoms. The molecule has 0 radical (unpaired) electrons. The van der Waals surface area contributed by atoms with Crippen molar-refractivity contribution < 1.29 is 28.9 Å². The maximum absolute atomic E-state index is 13.3. The third kappa shape index (κ3) is 5.83. The smallest absolute Gasteiger partial charge is 0.295 e. The van der Waals surface area contributed by atoms with Crippen LogP contribution in [0.2, 0.25) is 0 Å². The molecule has 1 aliphatic rings. The van der Waals surface area contributed by atoms with Gasteiger partial charge in [0, 0.05) is 19.2 Å². The Morgan fingerprint density at radius 3 is 2.36 bits per heavy atom. The molecule has 4 rings (SSSR count). The number of Topliss-reactive ketones (excluding diaryl/α,β-unsaturated/α-hetero) is 1. The molecule has 0 aliphatic carbocycles. The summed E-state index contributed by atoms with van der Waals surface area (Å²) < 4.78 is 16.7. The minimum absolute atomic E-state index is 0.0459. The molecule has 1 aliphatic heterocycles. The third-order valence-electron chi connectivity index (χ3n) is 7.05. The van der Waals surface area contributed by atoms with Crippen LogP contribution in [0.4, 0.5) is 0 Å². The van der Waals surface area contributed by atoms with Crippen LogP contribution in [-0.4, -0.2) is 49.1 Å². The van der Waals surface area contributed by atoms with Crippen LogP contribution in [0.25, 0.3) is 5.76 Å². The number of hydrogen-bond donors (Lipinski definition) is 1. The minimum Gasteiger partial charge on any atom is -0.507 e. The predicted octanol–water partition coefficient (Wildman–Crippen LogP) is 5.77. The van der Waals surface area contributed by atoms with Gasteiger partial charge in [0.1, 0.15) is 23.9 Å². The van der Waals surface area contributed by atoms with E-state index in [4.69, 9.17) is 14.2 Å². The molecule has 1 N–H and O–H groups in total. The average Bonchev–Trinajstić information content (AvgIpc) is 3.20. The lowest BCUT2D eigenvalue weighted by molar-refractivity contribution is -0.140. The second kappa shape index (κ2) is 12.2. The molecule has 1 heterocycles. The lowest BCUT2D eigenvalue weighted by Gasteiger charge is -2.25. The van der Waals surface area contributed by atoms with Crippen LogP contribution in [0.15, 0.2) is 72.3 Å². The van der Waals surface area contributed by atoms with Crippen molar-refractivity contribution in [3.8, 4) is 11.5 Å². The number of ether oxygens (including phenoxy) is 3. The molecular weight excluding hydrogens is 494 g/mol. The lowest BCUT2D eigenvalue weighted by Crippen LogP contribution is -2.32. The molecule has 1 fully saturated rings. The number of aliphatic hydroxyl groups excluding tert-OH is 1. The van der Waals surface area contributed by atoms with Crippen LogP contribution in [0.1, 0.15) is 53.6 Å². The highest BCUT2D eigenvalue weighted by Crippen LogP contribution is 2.40. The summed E-state index contributed by atoms with van der Waals surface area (Å²) in [7, 11) is 3.13. The zero-order chi connectivity index (χ0) is 28.1. The van der Waals surface area contributed by atoms with Crippen LogP contribution in [0.5, 0.6) is 11.5 Å². The first-order valence-corrected chi connectivity index (χ1v) is 13.0. The fourth-order valence-electron chi connectivity index (χ4n) is 4.81. The molecule has 7 heteroatoms. The minimum atomic E-state index is -0.768. The zero-order valence-corrected chi connectivity index (χ0v) is 23.1. The number of benzene rings is 3. The van der Waals surface area contributed by atoms with E-state index >= 15 is 0 Å². The largest absolute Gasteiger partial charge is 0.507 e. The van der Waals surface area contributed by atoms with E-state index in [2.05, 4.69) is 0 Å². The van der Waals surface area contributed by atoms with Gasteiger partial charge in [-0.05, 0) is 65.4 Å². The molecule has 1 unspecified atom stereocenters. The number of carbonyl (C=O) groups is 2. The molecule has 1 saturated heterocycles. The summed E-state index contributed by atoms with van der Waals surface area (Å²) >= 11 is 0. The summed E-state index contributed by atoms with van der Waals surface area (Å²) in [4.78, 5) is 27.8. The predicted molar refractivity (Wildman–Crippen MR) is 150 cm³/mol. The normalized spacial score (nSPS) is 16.7. The van der Waals surface area contributed by atoms with E-state index < -0.39 is 17.7 Å². The molecule has 1 amide bonds. The molecule has 0 aromatic heterocycles. The number of ketones is 1. The van der Waals surface area contributed by atoms with Gasteiger partial charge < -0.3 is 24.2 Å². The van der Waals surface area contributed by atoms with Crippen molar-refractivity contribution in [1.82, 2.24) is 4.90 Å². The van der Waals surface area contributed by atoms with Gasteiger partial charge in [0.05, 0.1) is 25.3 Å². The topological polar surface area (TPSA) is 85.3 Å². The highest BCUT2D eigenvalue weighted by Gasteiger charge is 2.46. The SMILES string of the molecule is COCCN1C(=O)C(=O)/C(=C(\O)c2ccc(OC)c(C(C)C)c2)C1c1ccc(OCc2ccccc2C)cc1. The molecule has 39 heavy (non-hydrogen) atoms. The summed E-state index contributed by atoms with van der Waals surface area (Å²) in [6, 6.07) is 19.8. The van der Waals surface area contributed by atoms with Crippen molar-refractivity contribution in [1.29, 1.82) is 0 Å². The van der Waals surface area contributed by atoms with E-state index in [-0.39, 0.29) is 30.4 Å². The number of aryl methyl sites for hydroxylation is 1. The number of aliphatic hydroxyl groups is 1. The quantitative estimate of drug-likeness (QED) is 0.204. The van der Waals surface area contributed by atoms with E-state index in [1.165, 1.54) is 12.0 Å². The first-order chi connectivity index (χ1) is 18.8. The monoisotopic (exact) mass is 529 g/mol. The van der Waals surface area contributed by atoms with Crippen molar-refractivity contribution in [2.24, 2.45) is 0 Å². The highest BCUT2D eigenvalue weighted by molar-refractivity contribution is 6.46. The van der Waals surface area contributed by atoms with Crippen LogP contribution < -0.4 is 9.47 Å². The summed E-state index contributed by atoms with van der Waals surface area (Å²) in [5.74, 6) is -0.137. The number of rotatable bonds is 10. The van der Waals surface area contributed by atoms with Gasteiger partial charge in [0.2, 0.25) is 0 Å². The van der Waals surface area contributed by atoms with Crippen molar-refractivity contribution >= 4 is 17.4 Å². The average molecular weight is 530 g/mol. The third-order valence-corrected chi connectivity index (χ3v) is 7.05. The lowest BCUT2D eigenvalue weighted by atomic mass is 9.93. The van der Waals surface area contributed by atoms with Gasteiger partial charge in [-0.1, -0.05) is 50.2 Å². The Bertz CT molecular complexity index is 1380. The Balaban J connectivity index is 1.71. The standard InChI is InChI=1S/C32H35NO6/c1-20(2)26-18-23(12-15-27(26)38-5)30(34)28-29(33(16-17-37-4)32(36)31(28)35)22-10-13-25(14-11-22)39-19-24-9-7-6-8-21(24)3/h6-15,18,20,29,34H,16-17,19H2,1-5H3/b30-28-. The first-order valence-electron chi connectivity index (χ1n) is 13.0. The Morgan fingerprint density at radius 2 is 1.72 bits per heavy atom. The van der Waals surface area contributed by atoms with Crippen molar-refractivity contribution in [2.75, 3.05) is 27.4 Å². The second-order valence-corrected chi connectivity index (χ2v) is 9.88. The van der Waals surface area contributed by atoms with Crippen molar-refractivity contribution in [3.63, 3.8) is 0 Å². The Labute approximate surface area is 229 Å². The van der Waals surface area contributed by atoms with Crippen molar-refractivity contribution in [2.45, 2.75) is 39.3 Å². The van der Waals surface area contributed by atoms with Gasteiger partial charge in [0.25, 0.3) is 11.7 Å². The molecule has 204 valence electrons. The maximum Gasteiger partial charge on any atom is 0.295 e. The fraction of sp³-hybridized carbons (Fsp3) is 0.312. The molecule has 0 spiro atoms. The summed E-state index contributed by atoms with van der Waals surface area (Å²) in [6.45, 7) is 6.96. The zero-order valence-electron chi connectivity index (χ0n) is 23.1. The van der Waals surface area contributed by atoms with Gasteiger partial charge in [0.15, 0.2) is 0 Å². The molecular formula is C32H35NO6. The number of hydrogen-bond acceptors (Lipinski definition) is 6.